The van der Waals surface area contributed by atoms with Gasteiger partial charge in [-0.15, -0.1) is 0 Å². The van der Waals surface area contributed by atoms with E-state index in [0.717, 1.165) is 23.1 Å². The molecule has 5 amide bonds. The first kappa shape index (κ1) is 23.0. The molecule has 2 unspecified atom stereocenters. The standard InChI is InChI=1S/C29H26N4O4/c34-25-13-12-24(27(35)31-25)33-17-20-16-21(10-11-23(20)28(33)36)30-29(37)32-15-14-18-6-4-5-9-22(18)26(32)19-7-2-1-3-8-19/h1-11,16,24,26H,12-15,17H2,(H,30,37)(H,31,34,35). The summed E-state index contributed by atoms with van der Waals surface area (Å²) in [6, 6.07) is 22.4. The van der Waals surface area contributed by atoms with Gasteiger partial charge in [0.05, 0.1) is 6.04 Å². The van der Waals surface area contributed by atoms with E-state index in [4.69, 9.17) is 0 Å². The minimum Gasteiger partial charge on any atom is -0.322 e. The van der Waals surface area contributed by atoms with Crippen molar-refractivity contribution < 1.29 is 19.2 Å². The lowest BCUT2D eigenvalue weighted by molar-refractivity contribution is -0.136. The van der Waals surface area contributed by atoms with E-state index in [-0.39, 0.29) is 36.9 Å². The quantitative estimate of drug-likeness (QED) is 0.544. The predicted octanol–water partition coefficient (Wildman–Crippen LogP) is 3.63. The van der Waals surface area contributed by atoms with Crippen LogP contribution >= 0.6 is 0 Å². The smallest absolute Gasteiger partial charge is 0.322 e. The van der Waals surface area contributed by atoms with Crippen LogP contribution in [0.15, 0.2) is 72.8 Å². The van der Waals surface area contributed by atoms with Crippen LogP contribution in [0.5, 0.6) is 0 Å². The van der Waals surface area contributed by atoms with Gasteiger partial charge in [-0.05, 0) is 53.3 Å². The fraction of sp³-hybridized carbons (Fsp3) is 0.241. The van der Waals surface area contributed by atoms with Gasteiger partial charge in [0.1, 0.15) is 6.04 Å². The molecule has 0 aromatic heterocycles. The van der Waals surface area contributed by atoms with Crippen LogP contribution in [0.25, 0.3) is 0 Å². The molecule has 2 atom stereocenters. The number of rotatable bonds is 3. The highest BCUT2D eigenvalue weighted by molar-refractivity contribution is 6.05. The molecule has 0 bridgehead atoms. The van der Waals surface area contributed by atoms with E-state index in [1.54, 1.807) is 18.2 Å². The molecule has 8 nitrogen and oxygen atoms in total. The first-order valence-electron chi connectivity index (χ1n) is 12.5. The van der Waals surface area contributed by atoms with Crippen molar-refractivity contribution in [1.82, 2.24) is 15.1 Å². The first-order chi connectivity index (χ1) is 18.0. The van der Waals surface area contributed by atoms with Crippen molar-refractivity contribution in [2.24, 2.45) is 0 Å². The molecule has 3 aromatic carbocycles. The van der Waals surface area contributed by atoms with Crippen molar-refractivity contribution in [3.8, 4) is 0 Å². The fourth-order valence-corrected chi connectivity index (χ4v) is 5.63. The van der Waals surface area contributed by atoms with E-state index >= 15 is 0 Å². The van der Waals surface area contributed by atoms with Gasteiger partial charge in [-0.2, -0.15) is 0 Å². The van der Waals surface area contributed by atoms with Crippen molar-refractivity contribution >= 4 is 29.4 Å². The normalized spacial score (nSPS) is 20.8. The van der Waals surface area contributed by atoms with Gasteiger partial charge in [-0.25, -0.2) is 4.79 Å². The Morgan fingerprint density at radius 3 is 2.49 bits per heavy atom. The molecule has 3 aliphatic heterocycles. The maximum Gasteiger partial charge on any atom is 0.322 e. The van der Waals surface area contributed by atoms with Gasteiger partial charge in [0, 0.05) is 30.8 Å². The number of hydrogen-bond donors (Lipinski definition) is 2. The SMILES string of the molecule is O=C1CCC(N2Cc3cc(NC(=O)N4CCc5ccccc5C4c4ccccc4)ccc3C2=O)C(=O)N1. The third kappa shape index (κ3) is 4.14. The van der Waals surface area contributed by atoms with Gasteiger partial charge >= 0.3 is 6.03 Å². The highest BCUT2D eigenvalue weighted by Crippen LogP contribution is 2.36. The Balaban J connectivity index is 1.23. The number of piperidine rings is 1. The second kappa shape index (κ2) is 9.20. The van der Waals surface area contributed by atoms with Gasteiger partial charge < -0.3 is 15.1 Å². The zero-order chi connectivity index (χ0) is 25.5. The number of hydrogen-bond acceptors (Lipinski definition) is 4. The minimum atomic E-state index is -0.671. The summed E-state index contributed by atoms with van der Waals surface area (Å²) in [7, 11) is 0. The molecule has 186 valence electrons. The molecule has 1 fully saturated rings. The molecule has 0 radical (unpaired) electrons. The van der Waals surface area contributed by atoms with Gasteiger partial charge in [0.15, 0.2) is 0 Å². The fourth-order valence-electron chi connectivity index (χ4n) is 5.63. The van der Waals surface area contributed by atoms with E-state index in [1.165, 1.54) is 10.5 Å². The predicted molar refractivity (Wildman–Crippen MR) is 137 cm³/mol. The van der Waals surface area contributed by atoms with Crippen LogP contribution in [-0.2, 0) is 22.6 Å². The van der Waals surface area contributed by atoms with Crippen LogP contribution in [-0.4, -0.2) is 46.1 Å². The van der Waals surface area contributed by atoms with Crippen molar-refractivity contribution in [3.05, 3.63) is 101 Å². The number of urea groups is 1. The molecule has 8 heteroatoms. The van der Waals surface area contributed by atoms with Crippen LogP contribution in [0.4, 0.5) is 10.5 Å². The summed E-state index contributed by atoms with van der Waals surface area (Å²) in [5.41, 5.74) is 5.25. The van der Waals surface area contributed by atoms with Crippen LogP contribution in [0.3, 0.4) is 0 Å². The molecule has 0 aliphatic carbocycles. The number of nitrogens with zero attached hydrogens (tertiary/aromatic N) is 2. The molecule has 3 aromatic rings. The summed E-state index contributed by atoms with van der Waals surface area (Å²) in [4.78, 5) is 53.7. The first-order valence-corrected chi connectivity index (χ1v) is 12.5. The number of anilines is 1. The largest absolute Gasteiger partial charge is 0.322 e. The maximum absolute atomic E-state index is 13.6. The van der Waals surface area contributed by atoms with Gasteiger partial charge in [-0.3, -0.25) is 19.7 Å². The Labute approximate surface area is 214 Å². The zero-order valence-corrected chi connectivity index (χ0v) is 20.1. The summed E-state index contributed by atoms with van der Waals surface area (Å²) < 4.78 is 0. The average molecular weight is 495 g/mol. The topological polar surface area (TPSA) is 98.8 Å². The van der Waals surface area contributed by atoms with Crippen molar-refractivity contribution in [2.75, 3.05) is 11.9 Å². The molecule has 1 saturated heterocycles. The van der Waals surface area contributed by atoms with Crippen LogP contribution in [0, 0.1) is 0 Å². The second-order valence-corrected chi connectivity index (χ2v) is 9.66. The molecular weight excluding hydrogens is 468 g/mol. The Morgan fingerprint density at radius 2 is 1.68 bits per heavy atom. The Kier molecular flexibility index (Phi) is 5.71. The number of benzene rings is 3. The number of nitrogens with one attached hydrogen (secondary N) is 2. The van der Waals surface area contributed by atoms with Gasteiger partial charge in [-0.1, -0.05) is 54.6 Å². The lowest BCUT2D eigenvalue weighted by Gasteiger charge is -2.37. The summed E-state index contributed by atoms with van der Waals surface area (Å²) in [5, 5.41) is 5.35. The number of fused-ring (bicyclic) bond motifs is 2. The van der Waals surface area contributed by atoms with Crippen LogP contribution in [0.1, 0.15) is 51.5 Å². The average Bonchev–Trinajstić information content (AvgIpc) is 3.23. The minimum absolute atomic E-state index is 0.204. The third-order valence-electron chi connectivity index (χ3n) is 7.43. The van der Waals surface area contributed by atoms with Crippen LogP contribution in [0.2, 0.25) is 0 Å². The maximum atomic E-state index is 13.6. The Hall–Kier alpha value is -4.46. The van der Waals surface area contributed by atoms with Crippen LogP contribution < -0.4 is 10.6 Å². The number of imide groups is 1. The van der Waals surface area contributed by atoms with Gasteiger partial charge in [0.2, 0.25) is 11.8 Å². The van der Waals surface area contributed by atoms with E-state index in [1.807, 2.05) is 47.4 Å². The number of carbonyl (C=O) groups is 4. The lowest BCUT2D eigenvalue weighted by Crippen LogP contribution is -2.52. The Bertz CT molecular complexity index is 1420. The Morgan fingerprint density at radius 1 is 0.892 bits per heavy atom. The van der Waals surface area contributed by atoms with E-state index in [9.17, 15) is 19.2 Å². The van der Waals surface area contributed by atoms with Gasteiger partial charge in [0.25, 0.3) is 5.91 Å². The summed E-state index contributed by atoms with van der Waals surface area (Å²) in [6.07, 6.45) is 1.29. The second-order valence-electron chi connectivity index (χ2n) is 9.66. The molecule has 3 aliphatic rings. The number of carbonyl (C=O) groups excluding carboxylic acids is 4. The van der Waals surface area contributed by atoms with Crippen molar-refractivity contribution in [2.45, 2.75) is 37.9 Å². The van der Waals surface area contributed by atoms with E-state index in [2.05, 4.69) is 22.8 Å². The molecule has 0 saturated carbocycles. The third-order valence-corrected chi connectivity index (χ3v) is 7.43. The van der Waals surface area contributed by atoms with E-state index in [0.29, 0.717) is 24.2 Å². The summed E-state index contributed by atoms with van der Waals surface area (Å²) in [6.45, 7) is 0.836. The molecular formula is C29H26N4O4. The number of amides is 5. The molecule has 37 heavy (non-hydrogen) atoms. The van der Waals surface area contributed by atoms with E-state index < -0.39 is 11.9 Å². The van der Waals surface area contributed by atoms with Crippen molar-refractivity contribution in [1.29, 1.82) is 0 Å². The molecule has 0 spiro atoms. The summed E-state index contributed by atoms with van der Waals surface area (Å²) in [5.74, 6) is -0.994. The molecule has 3 heterocycles. The highest BCUT2D eigenvalue weighted by atomic mass is 16.2. The molecule has 2 N–H and O–H groups in total. The monoisotopic (exact) mass is 494 g/mol. The zero-order valence-electron chi connectivity index (χ0n) is 20.1. The highest BCUT2D eigenvalue weighted by Gasteiger charge is 2.39. The summed E-state index contributed by atoms with van der Waals surface area (Å²) >= 11 is 0. The lowest BCUT2D eigenvalue weighted by atomic mass is 9.88. The molecule has 6 rings (SSSR count). The van der Waals surface area contributed by atoms with Crippen molar-refractivity contribution in [3.63, 3.8) is 0 Å².